The normalized spacial score (nSPS) is 18.1. The highest BCUT2D eigenvalue weighted by Crippen LogP contribution is 2.26. The van der Waals surface area contributed by atoms with Gasteiger partial charge in [-0.25, -0.2) is 19.0 Å². The van der Waals surface area contributed by atoms with Crippen LogP contribution in [-0.2, 0) is 19.1 Å². The van der Waals surface area contributed by atoms with Crippen LogP contribution >= 0.6 is 15.9 Å². The molecule has 2 fully saturated rings. The van der Waals surface area contributed by atoms with E-state index in [4.69, 9.17) is 15.9 Å². The Bertz CT molecular complexity index is 2820. The van der Waals surface area contributed by atoms with Gasteiger partial charge in [0.05, 0.1) is 47.4 Å². The lowest BCUT2D eigenvalue weighted by molar-refractivity contribution is -0.138. The quantitative estimate of drug-likeness (QED) is 0.192. The first-order chi connectivity index (χ1) is 29.0. The van der Waals surface area contributed by atoms with Gasteiger partial charge in [0.1, 0.15) is 0 Å². The molecule has 16 nitrogen and oxygen atoms in total. The summed E-state index contributed by atoms with van der Waals surface area (Å²) in [5, 5.41) is 29.9. The standard InChI is InChI=1S/C22H20N4O4.C15H12BrN3O2.C7H9NO2/c1-14-11-18-17(13-23-14)19(20(27)30-3)24-26(18)16-6-4-5-15(12-16)7-8-22(29)9-10-25(2)21(22)28;1-9-6-13-12(8-17-9)14(15(20)21-2)18-19(13)11-5-3-4-10(16)7-11;1-3-7(10)4-5-8(2)6(7)9/h4-6,11-13,29H,9-10H2,1-3H3;3-8H,1-2H3;1,10H,4-5H2,2H3/t22-;;7-/m0.0/s1. The summed E-state index contributed by atoms with van der Waals surface area (Å²) in [6.07, 6.45) is 8.84. The van der Waals surface area contributed by atoms with Crippen molar-refractivity contribution in [3.8, 4) is 35.6 Å². The zero-order chi connectivity index (χ0) is 44.2. The van der Waals surface area contributed by atoms with Gasteiger partial charge >= 0.3 is 11.9 Å². The average Bonchev–Trinajstić information content (AvgIpc) is 3.98. The van der Waals surface area contributed by atoms with Crippen LogP contribution in [0.5, 0.6) is 0 Å². The number of carbonyl (C=O) groups excluding carboxylic acids is 4. The highest BCUT2D eigenvalue weighted by atomic mass is 79.9. The summed E-state index contributed by atoms with van der Waals surface area (Å²) in [6.45, 7) is 4.76. The molecule has 2 saturated heterocycles. The van der Waals surface area contributed by atoms with Crippen molar-refractivity contribution in [3.63, 3.8) is 0 Å². The zero-order valence-electron chi connectivity index (χ0n) is 34.1. The number of terminal acetylenes is 1. The predicted octanol–water partition coefficient (Wildman–Crippen LogP) is 3.95. The fourth-order valence-corrected chi connectivity index (χ4v) is 6.95. The average molecular weight is 890 g/mol. The van der Waals surface area contributed by atoms with Crippen LogP contribution in [-0.4, -0.2) is 126 Å². The first-order valence-electron chi connectivity index (χ1n) is 18.7. The van der Waals surface area contributed by atoms with E-state index in [0.717, 1.165) is 27.1 Å². The Morgan fingerprint density at radius 1 is 0.754 bits per heavy atom. The Hall–Kier alpha value is -6.92. The van der Waals surface area contributed by atoms with Gasteiger partial charge in [-0.2, -0.15) is 10.2 Å². The number of halogens is 1. The minimum absolute atomic E-state index is 0.172. The summed E-state index contributed by atoms with van der Waals surface area (Å²) in [5.74, 6) is 5.91. The highest BCUT2D eigenvalue weighted by molar-refractivity contribution is 9.10. The molecule has 4 aromatic heterocycles. The molecule has 17 heteroatoms. The van der Waals surface area contributed by atoms with Gasteiger partial charge in [-0.3, -0.25) is 19.6 Å². The van der Waals surface area contributed by atoms with Gasteiger partial charge in [0.25, 0.3) is 11.8 Å². The third-order valence-electron chi connectivity index (χ3n) is 9.98. The zero-order valence-corrected chi connectivity index (χ0v) is 35.7. The van der Waals surface area contributed by atoms with Crippen molar-refractivity contribution in [2.24, 2.45) is 0 Å². The minimum atomic E-state index is -1.66. The second kappa shape index (κ2) is 17.7. The number of benzene rings is 2. The highest BCUT2D eigenvalue weighted by Gasteiger charge is 2.43. The van der Waals surface area contributed by atoms with Crippen LogP contribution in [0.15, 0.2) is 77.5 Å². The Kier molecular flexibility index (Phi) is 12.7. The second-order valence-electron chi connectivity index (χ2n) is 14.3. The molecule has 61 heavy (non-hydrogen) atoms. The lowest BCUT2D eigenvalue weighted by atomic mass is 10.0. The molecule has 0 radical (unpaired) electrons. The van der Waals surface area contributed by atoms with Gasteiger partial charge in [-0.1, -0.05) is 45.8 Å². The molecule has 0 spiro atoms. The van der Waals surface area contributed by atoms with Gasteiger partial charge in [0, 0.05) is 73.8 Å². The molecule has 2 aliphatic rings. The Morgan fingerprint density at radius 3 is 1.66 bits per heavy atom. The van der Waals surface area contributed by atoms with Crippen molar-refractivity contribution in [1.82, 2.24) is 39.3 Å². The molecular formula is C44H41BrN8O8. The van der Waals surface area contributed by atoms with Gasteiger partial charge in [0.15, 0.2) is 11.4 Å². The van der Waals surface area contributed by atoms with E-state index >= 15 is 0 Å². The molecule has 2 atom stereocenters. The third kappa shape index (κ3) is 9.00. The van der Waals surface area contributed by atoms with Gasteiger partial charge in [-0.15, -0.1) is 6.42 Å². The first-order valence-corrected chi connectivity index (χ1v) is 19.5. The summed E-state index contributed by atoms with van der Waals surface area (Å²) >= 11 is 3.44. The first kappa shape index (κ1) is 43.7. The van der Waals surface area contributed by atoms with Gasteiger partial charge in [0.2, 0.25) is 11.2 Å². The van der Waals surface area contributed by atoms with Crippen molar-refractivity contribution in [2.45, 2.75) is 37.9 Å². The van der Waals surface area contributed by atoms with Crippen LogP contribution in [0, 0.1) is 38.0 Å². The molecule has 6 aromatic rings. The molecule has 0 bridgehead atoms. The number of hydrogen-bond donors (Lipinski definition) is 2. The van der Waals surface area contributed by atoms with Crippen molar-refractivity contribution in [1.29, 1.82) is 0 Å². The number of aryl methyl sites for hydroxylation is 2. The maximum absolute atomic E-state index is 12.2. The number of esters is 2. The van der Waals surface area contributed by atoms with Crippen LogP contribution in [0.2, 0.25) is 0 Å². The Balaban J connectivity index is 0.000000173. The van der Waals surface area contributed by atoms with Crippen molar-refractivity contribution in [3.05, 3.63) is 106 Å². The number of fused-ring (bicyclic) bond motifs is 2. The van der Waals surface area contributed by atoms with E-state index in [9.17, 15) is 29.4 Å². The lowest BCUT2D eigenvalue weighted by Crippen LogP contribution is -2.37. The Labute approximate surface area is 359 Å². The number of aromatic nitrogens is 6. The van der Waals surface area contributed by atoms with Crippen molar-refractivity contribution < 1.29 is 38.9 Å². The van der Waals surface area contributed by atoms with E-state index in [2.05, 4.69) is 53.9 Å². The SMILES string of the molecule is C#C[C@]1(O)CCN(C)C1=O.COC(=O)c1nn(-c2cccc(Br)c2)c2cc(C)ncc12.COC(=O)c1nn(-c2cccc(C#C[C@]3(O)CCN(C)C3=O)c2)c2cc(C)ncc12. The molecule has 2 aromatic carbocycles. The lowest BCUT2D eigenvalue weighted by Gasteiger charge is -2.13. The smallest absolute Gasteiger partial charge is 0.359 e. The number of hydrogen-bond acceptors (Lipinski definition) is 12. The van der Waals surface area contributed by atoms with E-state index < -0.39 is 29.0 Å². The molecule has 2 amide bonds. The van der Waals surface area contributed by atoms with Crippen molar-refractivity contribution in [2.75, 3.05) is 41.4 Å². The van der Waals surface area contributed by atoms with E-state index in [-0.39, 0.29) is 23.7 Å². The monoisotopic (exact) mass is 888 g/mol. The maximum atomic E-state index is 12.2. The molecule has 6 heterocycles. The topological polar surface area (TPSA) is 195 Å². The van der Waals surface area contributed by atoms with Crippen molar-refractivity contribution >= 4 is 61.5 Å². The molecule has 0 saturated carbocycles. The number of aliphatic hydroxyl groups is 2. The molecule has 0 unspecified atom stereocenters. The molecule has 8 rings (SSSR count). The molecule has 0 aliphatic carbocycles. The fourth-order valence-electron chi connectivity index (χ4n) is 6.57. The van der Waals surface area contributed by atoms with Crippen LogP contribution in [0.3, 0.4) is 0 Å². The molecule has 312 valence electrons. The third-order valence-corrected chi connectivity index (χ3v) is 10.5. The van der Waals surface area contributed by atoms with Crippen LogP contribution < -0.4 is 0 Å². The second-order valence-corrected chi connectivity index (χ2v) is 15.2. The summed E-state index contributed by atoms with van der Waals surface area (Å²) in [4.78, 5) is 58.5. The number of likely N-dealkylation sites (tertiary alicyclic amines) is 2. The summed E-state index contributed by atoms with van der Waals surface area (Å²) < 4.78 is 13.9. The number of likely N-dealkylation sites (N-methyl/N-ethyl adjacent to an activating group) is 2. The molecular weight excluding hydrogens is 848 g/mol. The van der Waals surface area contributed by atoms with E-state index in [1.165, 1.54) is 24.0 Å². The largest absolute Gasteiger partial charge is 0.464 e. The Morgan fingerprint density at radius 2 is 1.23 bits per heavy atom. The number of methoxy groups -OCH3 is 2. The molecule has 2 N–H and O–H groups in total. The van der Waals surface area contributed by atoms with Gasteiger partial charge < -0.3 is 29.5 Å². The number of ether oxygens (including phenoxy) is 2. The summed E-state index contributed by atoms with van der Waals surface area (Å²) in [7, 11) is 5.91. The van der Waals surface area contributed by atoms with Crippen LogP contribution in [0.1, 0.15) is 50.8 Å². The minimum Gasteiger partial charge on any atom is -0.464 e. The summed E-state index contributed by atoms with van der Waals surface area (Å²) in [5.41, 5.74) is 2.56. The number of nitrogens with zero attached hydrogens (tertiary/aromatic N) is 8. The number of carbonyl (C=O) groups is 4. The van der Waals surface area contributed by atoms with E-state index in [0.29, 0.717) is 47.1 Å². The van der Waals surface area contributed by atoms with Crippen LogP contribution in [0.25, 0.3) is 33.2 Å². The van der Waals surface area contributed by atoms with E-state index in [1.807, 2.05) is 56.3 Å². The van der Waals surface area contributed by atoms with Crippen LogP contribution in [0.4, 0.5) is 0 Å². The fraction of sp³-hybridized carbons (Fsp3) is 0.273. The summed E-state index contributed by atoms with van der Waals surface area (Å²) in [6, 6.07) is 18.6. The van der Waals surface area contributed by atoms with E-state index in [1.54, 1.807) is 54.1 Å². The maximum Gasteiger partial charge on any atom is 0.359 e. The number of rotatable bonds is 4. The van der Waals surface area contributed by atoms with Gasteiger partial charge in [-0.05, 0) is 62.4 Å². The molecule has 2 aliphatic heterocycles. The predicted molar refractivity (Wildman–Crippen MR) is 228 cm³/mol. The number of pyridine rings is 2. The number of amides is 2.